The van der Waals surface area contributed by atoms with Crippen LogP contribution in [0.15, 0.2) is 85.1 Å². The Labute approximate surface area is 310 Å². The summed E-state index contributed by atoms with van der Waals surface area (Å²) >= 11 is 0. The van der Waals surface area contributed by atoms with Gasteiger partial charge in [0.15, 0.2) is 0 Å². The number of allylic oxidation sites excluding steroid dienone is 11. The molecule has 0 aromatic carbocycles. The highest BCUT2D eigenvalue weighted by atomic mass is 31.2. The number of carbonyl (C=O) groups excluding carboxylic acids is 1. The molecule has 0 aliphatic heterocycles. The van der Waals surface area contributed by atoms with E-state index >= 15 is 0 Å². The highest BCUT2D eigenvalue weighted by Crippen LogP contribution is 2.38. The lowest BCUT2D eigenvalue weighted by atomic mass is 10.1. The molecule has 0 aromatic heterocycles. The van der Waals surface area contributed by atoms with Gasteiger partial charge >= 0.3 is 0 Å². The lowest BCUT2D eigenvalue weighted by Crippen LogP contribution is -2.45. The topological polar surface area (TPSA) is 128 Å². The van der Waals surface area contributed by atoms with Crippen LogP contribution in [0.4, 0.5) is 0 Å². The van der Waals surface area contributed by atoms with Gasteiger partial charge in [0.1, 0.15) is 13.2 Å². The van der Waals surface area contributed by atoms with Gasteiger partial charge in [-0.1, -0.05) is 125 Å². The predicted octanol–water partition coefficient (Wildman–Crippen LogP) is 8.19. The van der Waals surface area contributed by atoms with Crippen LogP contribution < -0.4 is 10.2 Å². The van der Waals surface area contributed by atoms with Crippen molar-refractivity contribution in [3.8, 4) is 0 Å². The smallest absolute Gasteiger partial charge is 0.268 e. The maximum atomic E-state index is 12.7. The average Bonchev–Trinajstić information content (AvgIpc) is 3.07. The van der Waals surface area contributed by atoms with Crippen LogP contribution in [-0.2, 0) is 18.4 Å². The zero-order valence-electron chi connectivity index (χ0n) is 32.4. The van der Waals surface area contributed by atoms with Crippen molar-refractivity contribution < 1.29 is 38.0 Å². The first kappa shape index (κ1) is 48.6. The molecule has 0 aromatic rings. The van der Waals surface area contributed by atoms with Crippen LogP contribution in [-0.4, -0.2) is 79.8 Å². The number of nitrogens with one attached hydrogen (secondary N) is 1. The van der Waals surface area contributed by atoms with Crippen molar-refractivity contribution in [2.75, 3.05) is 40.9 Å². The van der Waals surface area contributed by atoms with E-state index in [0.717, 1.165) is 32.1 Å². The van der Waals surface area contributed by atoms with Gasteiger partial charge in [-0.2, -0.15) is 0 Å². The highest BCUT2D eigenvalue weighted by molar-refractivity contribution is 7.45. The first-order valence-corrected chi connectivity index (χ1v) is 20.5. The molecule has 9 nitrogen and oxygen atoms in total. The Morgan fingerprint density at radius 2 is 1.41 bits per heavy atom. The van der Waals surface area contributed by atoms with Gasteiger partial charge in [0.05, 0.1) is 46.0 Å². The van der Waals surface area contributed by atoms with Crippen molar-refractivity contribution in [2.24, 2.45) is 0 Å². The lowest BCUT2D eigenvalue weighted by molar-refractivity contribution is -0.870. The lowest BCUT2D eigenvalue weighted by Gasteiger charge is -2.29. The van der Waals surface area contributed by atoms with Crippen LogP contribution in [0.2, 0.25) is 0 Å². The molecule has 0 rings (SSSR count). The predicted molar refractivity (Wildman–Crippen MR) is 211 cm³/mol. The van der Waals surface area contributed by atoms with E-state index in [-0.39, 0.29) is 18.9 Å². The van der Waals surface area contributed by atoms with E-state index in [1.54, 1.807) is 12.2 Å². The van der Waals surface area contributed by atoms with Crippen molar-refractivity contribution in [1.29, 1.82) is 0 Å². The van der Waals surface area contributed by atoms with E-state index in [1.165, 1.54) is 32.1 Å². The molecule has 0 aliphatic rings. The Morgan fingerprint density at radius 3 is 2.16 bits per heavy atom. The summed E-state index contributed by atoms with van der Waals surface area (Å²) < 4.78 is 23.0. The van der Waals surface area contributed by atoms with Gasteiger partial charge in [-0.15, -0.1) is 0 Å². The molecule has 0 fully saturated rings. The molecule has 0 spiro atoms. The Hall–Kier alpha value is -2.36. The summed E-state index contributed by atoms with van der Waals surface area (Å²) in [4.78, 5) is 25.1. The first-order chi connectivity index (χ1) is 24.4. The summed E-state index contributed by atoms with van der Waals surface area (Å²) in [6, 6.07) is -0.956. The molecule has 0 aliphatic carbocycles. The Kier molecular flexibility index (Phi) is 30.8. The van der Waals surface area contributed by atoms with Gasteiger partial charge in [0.2, 0.25) is 5.91 Å². The Balaban J connectivity index is 4.76. The summed E-state index contributed by atoms with van der Waals surface area (Å²) in [5, 5.41) is 23.6. The molecule has 0 bridgehead atoms. The molecule has 0 radical (unpaired) electrons. The number of likely N-dealkylation sites (N-methyl/N-ethyl adjacent to an activating group) is 1. The van der Waals surface area contributed by atoms with Crippen LogP contribution in [0.3, 0.4) is 0 Å². The van der Waals surface area contributed by atoms with Crippen LogP contribution in [0.5, 0.6) is 0 Å². The largest absolute Gasteiger partial charge is 0.756 e. The number of aliphatic hydroxyl groups is 2. The van der Waals surface area contributed by atoms with Crippen molar-refractivity contribution >= 4 is 13.7 Å². The van der Waals surface area contributed by atoms with Gasteiger partial charge < -0.3 is 34.0 Å². The quantitative estimate of drug-likeness (QED) is 0.0209. The van der Waals surface area contributed by atoms with Crippen molar-refractivity contribution in [1.82, 2.24) is 5.32 Å². The maximum Gasteiger partial charge on any atom is 0.268 e. The molecule has 51 heavy (non-hydrogen) atoms. The fourth-order valence-electron chi connectivity index (χ4n) is 4.58. The molecule has 292 valence electrons. The third-order valence-corrected chi connectivity index (χ3v) is 8.63. The second kappa shape index (κ2) is 32.3. The average molecular weight is 735 g/mol. The zero-order valence-corrected chi connectivity index (χ0v) is 33.3. The molecule has 0 heterocycles. The van der Waals surface area contributed by atoms with E-state index in [0.29, 0.717) is 36.7 Å². The Morgan fingerprint density at radius 1 is 0.765 bits per heavy atom. The van der Waals surface area contributed by atoms with Crippen LogP contribution in [0.1, 0.15) is 110 Å². The minimum Gasteiger partial charge on any atom is -0.756 e. The molecule has 0 saturated carbocycles. The molecular weight excluding hydrogens is 663 g/mol. The van der Waals surface area contributed by atoms with Crippen LogP contribution in [0, 0.1) is 0 Å². The summed E-state index contributed by atoms with van der Waals surface area (Å²) in [5.41, 5.74) is 0. The molecule has 3 N–H and O–H groups in total. The number of nitrogens with zero attached hydrogens (tertiary/aromatic N) is 1. The molecule has 4 atom stereocenters. The van der Waals surface area contributed by atoms with Crippen molar-refractivity contribution in [3.05, 3.63) is 85.1 Å². The molecule has 1 amide bonds. The number of quaternary nitrogens is 1. The van der Waals surface area contributed by atoms with Gasteiger partial charge in [-0.25, -0.2) is 0 Å². The molecular formula is C41H71N2O7P. The monoisotopic (exact) mass is 734 g/mol. The standard InChI is InChI=1S/C41H71N2O7P/c1-6-8-10-12-14-15-16-17-21-25-29-33-40(45)39(37-50-51(47,48)49-36-35-43(3,4)5)42-41(46)34-30-26-22-19-18-20-24-28-32-38(44)31-27-23-13-11-9-7-2/h9,11,16-17,19-20,22-24,27-29,32-33,38-40,44-45H,6-8,10,12-15,18,21,25-26,30-31,34-37H2,1-5H3,(H-,42,46,47,48)/b11-9-,17-16-,22-19-,24-20-,27-23-,32-28+,33-29+/t38?,39-,40+/m0/s1. The summed E-state index contributed by atoms with van der Waals surface area (Å²) in [6.07, 6.45) is 39.6. The van der Waals surface area contributed by atoms with E-state index in [2.05, 4.69) is 49.5 Å². The fraction of sp³-hybridized carbons (Fsp3) is 0.634. The number of carbonyl (C=O) groups is 1. The highest BCUT2D eigenvalue weighted by Gasteiger charge is 2.23. The second-order valence-corrected chi connectivity index (χ2v) is 15.1. The summed E-state index contributed by atoms with van der Waals surface area (Å²) in [5.74, 6) is -0.297. The molecule has 10 heteroatoms. The number of aliphatic hydroxyl groups excluding tert-OH is 2. The fourth-order valence-corrected chi connectivity index (χ4v) is 5.30. The first-order valence-electron chi connectivity index (χ1n) is 19.1. The second-order valence-electron chi connectivity index (χ2n) is 13.7. The van der Waals surface area contributed by atoms with Gasteiger partial charge in [0, 0.05) is 6.42 Å². The number of phosphoric ester groups is 1. The zero-order chi connectivity index (χ0) is 38.1. The number of hydrogen-bond acceptors (Lipinski definition) is 7. The minimum atomic E-state index is -4.62. The van der Waals surface area contributed by atoms with E-state index in [1.807, 2.05) is 63.7 Å². The van der Waals surface area contributed by atoms with E-state index in [4.69, 9.17) is 9.05 Å². The third kappa shape index (κ3) is 34.5. The van der Waals surface area contributed by atoms with Crippen molar-refractivity contribution in [3.63, 3.8) is 0 Å². The third-order valence-electron chi connectivity index (χ3n) is 7.67. The van der Waals surface area contributed by atoms with Crippen LogP contribution >= 0.6 is 7.82 Å². The molecule has 0 saturated heterocycles. The SMILES string of the molecule is CC/C=C\C/C=C\CC(O)/C=C/C=C\C/C=C\CCCC(=O)N[C@@H](COP(=O)([O-])OCC[N+](C)(C)C)[C@H](O)/C=C/CC/C=C\CCCCCCC. The number of amides is 1. The van der Waals surface area contributed by atoms with Crippen LogP contribution in [0.25, 0.3) is 0 Å². The number of phosphoric acid groups is 1. The minimum absolute atomic E-state index is 0.0331. The molecule has 2 unspecified atom stereocenters. The maximum absolute atomic E-state index is 12.7. The summed E-state index contributed by atoms with van der Waals surface area (Å²) in [6.45, 7) is 4.31. The number of unbranched alkanes of at least 4 members (excludes halogenated alkanes) is 7. The van der Waals surface area contributed by atoms with Gasteiger partial charge in [0.25, 0.3) is 7.82 Å². The van der Waals surface area contributed by atoms with E-state index in [9.17, 15) is 24.5 Å². The normalized spacial score (nSPS) is 16.2. The van der Waals surface area contributed by atoms with Crippen molar-refractivity contribution in [2.45, 2.75) is 128 Å². The van der Waals surface area contributed by atoms with Gasteiger partial charge in [-0.05, 0) is 64.2 Å². The van der Waals surface area contributed by atoms with Gasteiger partial charge in [-0.3, -0.25) is 9.36 Å². The number of hydrogen-bond donors (Lipinski definition) is 3. The van der Waals surface area contributed by atoms with E-state index < -0.39 is 32.7 Å². The Bertz CT molecular complexity index is 1120. The summed E-state index contributed by atoms with van der Waals surface area (Å²) in [7, 11) is 1.15. The number of rotatable bonds is 32.